The van der Waals surface area contributed by atoms with Crippen LogP contribution in [0.15, 0.2) is 18.2 Å². The predicted molar refractivity (Wildman–Crippen MR) is 80.5 cm³/mol. The Kier molecular flexibility index (Phi) is 4.85. The summed E-state index contributed by atoms with van der Waals surface area (Å²) in [4.78, 5) is 4.83. The zero-order chi connectivity index (χ0) is 14.7. The molecule has 0 spiro atoms. The van der Waals surface area contributed by atoms with E-state index in [2.05, 4.69) is 9.80 Å². The van der Waals surface area contributed by atoms with E-state index in [1.165, 1.54) is 5.56 Å². The Bertz CT molecular complexity index is 477. The first-order valence-electron chi connectivity index (χ1n) is 7.80. The van der Waals surface area contributed by atoms with Crippen molar-refractivity contribution in [2.75, 3.05) is 45.9 Å². The number of ether oxygens (including phenoxy) is 1. The van der Waals surface area contributed by atoms with Crippen molar-refractivity contribution in [2.24, 2.45) is 5.73 Å². The van der Waals surface area contributed by atoms with Gasteiger partial charge in [0, 0.05) is 38.8 Å². The summed E-state index contributed by atoms with van der Waals surface area (Å²) in [6, 6.07) is 5.26. The van der Waals surface area contributed by atoms with E-state index >= 15 is 0 Å². The van der Waals surface area contributed by atoms with E-state index < -0.39 is 0 Å². The van der Waals surface area contributed by atoms with Crippen LogP contribution >= 0.6 is 0 Å². The SMILES string of the molecule is NCC1c2cc(F)ccc2CN1CCCN1CCOCC1. The second kappa shape index (κ2) is 6.83. The molecule has 2 aliphatic heterocycles. The minimum absolute atomic E-state index is 0.164. The fraction of sp³-hybridized carbons (Fsp3) is 0.625. The van der Waals surface area contributed by atoms with Gasteiger partial charge in [-0.2, -0.15) is 0 Å². The van der Waals surface area contributed by atoms with Gasteiger partial charge in [-0.05, 0) is 36.2 Å². The van der Waals surface area contributed by atoms with E-state index in [0.717, 1.165) is 57.9 Å². The highest BCUT2D eigenvalue weighted by Crippen LogP contribution is 2.33. The molecule has 1 unspecified atom stereocenters. The predicted octanol–water partition coefficient (Wildman–Crippen LogP) is 1.36. The molecule has 0 bridgehead atoms. The average molecular weight is 293 g/mol. The lowest BCUT2D eigenvalue weighted by atomic mass is 10.0. The van der Waals surface area contributed by atoms with E-state index in [9.17, 15) is 4.39 Å². The third kappa shape index (κ3) is 3.43. The maximum absolute atomic E-state index is 13.4. The molecular formula is C16H24FN3O. The minimum Gasteiger partial charge on any atom is -0.379 e. The van der Waals surface area contributed by atoms with Crippen LogP contribution in [0.25, 0.3) is 0 Å². The standard InChI is InChI=1S/C16H24FN3O/c17-14-3-2-13-12-20(16(11-18)15(13)10-14)5-1-4-19-6-8-21-9-7-19/h2-3,10,16H,1,4-9,11-12,18H2. The number of halogens is 1. The molecule has 5 heteroatoms. The van der Waals surface area contributed by atoms with E-state index in [4.69, 9.17) is 10.5 Å². The number of fused-ring (bicyclic) bond motifs is 1. The van der Waals surface area contributed by atoms with Gasteiger partial charge in [0.1, 0.15) is 5.82 Å². The number of hydrogen-bond donors (Lipinski definition) is 1. The molecule has 0 amide bonds. The van der Waals surface area contributed by atoms with Crippen molar-refractivity contribution in [3.05, 3.63) is 35.1 Å². The highest BCUT2D eigenvalue weighted by atomic mass is 19.1. The van der Waals surface area contributed by atoms with Crippen LogP contribution in [0.5, 0.6) is 0 Å². The fourth-order valence-corrected chi connectivity index (χ4v) is 3.38. The summed E-state index contributed by atoms with van der Waals surface area (Å²) in [7, 11) is 0. The van der Waals surface area contributed by atoms with Gasteiger partial charge in [-0.3, -0.25) is 9.80 Å². The van der Waals surface area contributed by atoms with Crippen LogP contribution in [0.4, 0.5) is 4.39 Å². The van der Waals surface area contributed by atoms with Gasteiger partial charge >= 0.3 is 0 Å². The van der Waals surface area contributed by atoms with Gasteiger partial charge in [0.25, 0.3) is 0 Å². The van der Waals surface area contributed by atoms with E-state index in [0.29, 0.717) is 6.54 Å². The van der Waals surface area contributed by atoms with Gasteiger partial charge in [0.2, 0.25) is 0 Å². The lowest BCUT2D eigenvalue weighted by Gasteiger charge is -2.28. The van der Waals surface area contributed by atoms with Gasteiger partial charge in [0.05, 0.1) is 13.2 Å². The molecule has 0 aliphatic carbocycles. The Morgan fingerprint density at radius 2 is 2.05 bits per heavy atom. The first-order chi connectivity index (χ1) is 10.3. The molecule has 1 saturated heterocycles. The van der Waals surface area contributed by atoms with Crippen LogP contribution < -0.4 is 5.73 Å². The number of rotatable bonds is 5. The molecule has 3 rings (SSSR count). The second-order valence-electron chi connectivity index (χ2n) is 5.87. The van der Waals surface area contributed by atoms with Crippen molar-refractivity contribution < 1.29 is 9.13 Å². The maximum Gasteiger partial charge on any atom is 0.123 e. The van der Waals surface area contributed by atoms with E-state index in [1.807, 2.05) is 6.07 Å². The van der Waals surface area contributed by atoms with Gasteiger partial charge in [-0.15, -0.1) is 0 Å². The molecule has 4 nitrogen and oxygen atoms in total. The number of morpholine rings is 1. The molecule has 2 aliphatic rings. The Morgan fingerprint density at radius 1 is 1.24 bits per heavy atom. The zero-order valence-electron chi connectivity index (χ0n) is 12.4. The van der Waals surface area contributed by atoms with Crippen molar-refractivity contribution in [1.82, 2.24) is 9.80 Å². The monoisotopic (exact) mass is 293 g/mol. The van der Waals surface area contributed by atoms with Gasteiger partial charge < -0.3 is 10.5 Å². The maximum atomic E-state index is 13.4. The lowest BCUT2D eigenvalue weighted by molar-refractivity contribution is 0.0355. The second-order valence-corrected chi connectivity index (χ2v) is 5.87. The van der Waals surface area contributed by atoms with E-state index in [1.54, 1.807) is 12.1 Å². The van der Waals surface area contributed by atoms with Crippen molar-refractivity contribution in [3.63, 3.8) is 0 Å². The first kappa shape index (κ1) is 14.9. The molecule has 1 aromatic carbocycles. The highest BCUT2D eigenvalue weighted by Gasteiger charge is 2.29. The molecule has 2 heterocycles. The van der Waals surface area contributed by atoms with Crippen molar-refractivity contribution in [3.8, 4) is 0 Å². The summed E-state index contributed by atoms with van der Waals surface area (Å²) in [6.07, 6.45) is 1.12. The molecule has 21 heavy (non-hydrogen) atoms. The zero-order valence-corrected chi connectivity index (χ0v) is 12.4. The molecule has 1 fully saturated rings. The van der Waals surface area contributed by atoms with Crippen LogP contribution in [0.3, 0.4) is 0 Å². The number of hydrogen-bond acceptors (Lipinski definition) is 4. The Hall–Kier alpha value is -1.01. The largest absolute Gasteiger partial charge is 0.379 e. The van der Waals surface area contributed by atoms with Gasteiger partial charge in [0.15, 0.2) is 0 Å². The minimum atomic E-state index is -0.164. The summed E-state index contributed by atoms with van der Waals surface area (Å²) < 4.78 is 18.8. The number of benzene rings is 1. The summed E-state index contributed by atoms with van der Waals surface area (Å²) in [5, 5.41) is 0. The van der Waals surface area contributed by atoms with Crippen LogP contribution in [-0.4, -0.2) is 55.7 Å². The lowest BCUT2D eigenvalue weighted by Crippen LogP contribution is -2.38. The summed E-state index contributed by atoms with van der Waals surface area (Å²) in [5.41, 5.74) is 8.21. The van der Waals surface area contributed by atoms with Gasteiger partial charge in [-0.1, -0.05) is 6.07 Å². The molecular weight excluding hydrogens is 269 g/mol. The average Bonchev–Trinajstić information content (AvgIpc) is 2.85. The third-order valence-electron chi connectivity index (χ3n) is 4.53. The molecule has 2 N–H and O–H groups in total. The number of nitrogens with two attached hydrogens (primary N) is 1. The normalized spacial score (nSPS) is 23.4. The van der Waals surface area contributed by atoms with Crippen molar-refractivity contribution in [2.45, 2.75) is 19.0 Å². The van der Waals surface area contributed by atoms with Crippen LogP contribution in [-0.2, 0) is 11.3 Å². The fourth-order valence-electron chi connectivity index (χ4n) is 3.38. The molecule has 1 aromatic rings. The van der Waals surface area contributed by atoms with E-state index in [-0.39, 0.29) is 11.9 Å². The Morgan fingerprint density at radius 3 is 2.81 bits per heavy atom. The Labute approximate surface area is 125 Å². The molecule has 116 valence electrons. The summed E-state index contributed by atoms with van der Waals surface area (Å²) >= 11 is 0. The van der Waals surface area contributed by atoms with Crippen LogP contribution in [0.2, 0.25) is 0 Å². The van der Waals surface area contributed by atoms with Gasteiger partial charge in [-0.25, -0.2) is 4.39 Å². The number of nitrogens with zero attached hydrogens (tertiary/aromatic N) is 2. The van der Waals surface area contributed by atoms with Crippen LogP contribution in [0, 0.1) is 5.82 Å². The Balaban J connectivity index is 1.54. The van der Waals surface area contributed by atoms with Crippen molar-refractivity contribution in [1.29, 1.82) is 0 Å². The highest BCUT2D eigenvalue weighted by molar-refractivity contribution is 5.34. The molecule has 0 saturated carbocycles. The van der Waals surface area contributed by atoms with Crippen molar-refractivity contribution >= 4 is 0 Å². The first-order valence-corrected chi connectivity index (χ1v) is 7.80. The molecule has 0 aromatic heterocycles. The molecule has 1 atom stereocenters. The molecule has 0 radical (unpaired) electrons. The summed E-state index contributed by atoms with van der Waals surface area (Å²) in [6.45, 7) is 7.31. The third-order valence-corrected chi connectivity index (χ3v) is 4.53. The quantitative estimate of drug-likeness (QED) is 0.890. The smallest absolute Gasteiger partial charge is 0.123 e. The topological polar surface area (TPSA) is 41.7 Å². The summed E-state index contributed by atoms with van der Waals surface area (Å²) in [5.74, 6) is -0.164. The van der Waals surface area contributed by atoms with Crippen LogP contribution in [0.1, 0.15) is 23.6 Å².